The number of hydrogen-bond acceptors (Lipinski definition) is 5. The molecule has 18 heavy (non-hydrogen) atoms. The lowest BCUT2D eigenvalue weighted by atomic mass is 10.0. The highest BCUT2D eigenvalue weighted by atomic mass is 16.5. The van der Waals surface area contributed by atoms with Gasteiger partial charge in [0.2, 0.25) is 5.88 Å². The number of hydrogen-bond donors (Lipinski definition) is 1. The molecule has 0 saturated carbocycles. The summed E-state index contributed by atoms with van der Waals surface area (Å²) in [7, 11) is 3.34. The van der Waals surface area contributed by atoms with Crippen molar-refractivity contribution in [1.82, 2.24) is 19.7 Å². The molecule has 0 aliphatic carbocycles. The normalized spacial score (nSPS) is 12.5. The molecule has 96 valence electrons. The van der Waals surface area contributed by atoms with Crippen molar-refractivity contribution in [2.45, 2.75) is 20.0 Å². The molecule has 6 nitrogen and oxygen atoms in total. The minimum absolute atomic E-state index is 0.327. The van der Waals surface area contributed by atoms with Crippen LogP contribution in [0.1, 0.15) is 28.7 Å². The van der Waals surface area contributed by atoms with Crippen LogP contribution in [0.4, 0.5) is 0 Å². The van der Waals surface area contributed by atoms with E-state index in [0.717, 1.165) is 17.0 Å². The second-order valence-corrected chi connectivity index (χ2v) is 4.06. The number of nitrogens with zero attached hydrogens (tertiary/aromatic N) is 4. The summed E-state index contributed by atoms with van der Waals surface area (Å²) in [6.07, 6.45) is 2.17. The zero-order valence-corrected chi connectivity index (χ0v) is 10.9. The minimum Gasteiger partial charge on any atom is -0.480 e. The van der Waals surface area contributed by atoms with Gasteiger partial charge in [-0.05, 0) is 13.8 Å². The molecule has 2 aromatic heterocycles. The van der Waals surface area contributed by atoms with E-state index in [1.165, 1.54) is 19.5 Å². The maximum Gasteiger partial charge on any atom is 0.238 e. The second kappa shape index (κ2) is 4.73. The van der Waals surface area contributed by atoms with Crippen LogP contribution in [0, 0.1) is 13.8 Å². The summed E-state index contributed by atoms with van der Waals surface area (Å²) in [6, 6.07) is 0. The van der Waals surface area contributed by atoms with Crippen LogP contribution in [-0.4, -0.2) is 32.0 Å². The maximum atomic E-state index is 10.4. The Morgan fingerprint density at radius 2 is 1.94 bits per heavy atom. The van der Waals surface area contributed by atoms with Crippen LogP contribution in [0.2, 0.25) is 0 Å². The van der Waals surface area contributed by atoms with E-state index < -0.39 is 6.10 Å². The summed E-state index contributed by atoms with van der Waals surface area (Å²) in [4.78, 5) is 8.18. The molecule has 0 fully saturated rings. The van der Waals surface area contributed by atoms with Gasteiger partial charge in [-0.15, -0.1) is 0 Å². The first kappa shape index (κ1) is 12.5. The van der Waals surface area contributed by atoms with Crippen molar-refractivity contribution in [2.75, 3.05) is 7.11 Å². The molecular formula is C12H16N4O2. The molecule has 0 aliphatic heterocycles. The highest BCUT2D eigenvalue weighted by molar-refractivity contribution is 5.35. The summed E-state index contributed by atoms with van der Waals surface area (Å²) in [6.45, 7) is 3.76. The first-order valence-corrected chi connectivity index (χ1v) is 5.59. The highest BCUT2D eigenvalue weighted by Gasteiger charge is 2.24. The second-order valence-electron chi connectivity index (χ2n) is 4.06. The smallest absolute Gasteiger partial charge is 0.238 e. The van der Waals surface area contributed by atoms with Crippen molar-refractivity contribution in [3.05, 3.63) is 35.0 Å². The lowest BCUT2D eigenvalue weighted by Crippen LogP contribution is -2.08. The SMILES string of the molecule is COc1nccnc1C(O)c1c(C)nn(C)c1C. The quantitative estimate of drug-likeness (QED) is 0.874. The van der Waals surface area contributed by atoms with Gasteiger partial charge in [0.1, 0.15) is 11.8 Å². The van der Waals surface area contributed by atoms with Gasteiger partial charge in [0.25, 0.3) is 0 Å². The Balaban J connectivity index is 2.51. The number of aliphatic hydroxyl groups is 1. The molecule has 1 N–H and O–H groups in total. The van der Waals surface area contributed by atoms with Gasteiger partial charge in [-0.1, -0.05) is 0 Å². The summed E-state index contributed by atoms with van der Waals surface area (Å²) in [5.74, 6) is 0.327. The van der Waals surface area contributed by atoms with E-state index in [1.807, 2.05) is 20.9 Å². The van der Waals surface area contributed by atoms with Gasteiger partial charge in [-0.2, -0.15) is 5.10 Å². The van der Waals surface area contributed by atoms with Gasteiger partial charge in [0.15, 0.2) is 0 Å². The van der Waals surface area contributed by atoms with E-state index in [2.05, 4.69) is 15.1 Å². The summed E-state index contributed by atoms with van der Waals surface area (Å²) in [5, 5.41) is 14.7. The van der Waals surface area contributed by atoms with Gasteiger partial charge in [-0.3, -0.25) is 9.67 Å². The number of rotatable bonds is 3. The Bertz CT molecular complexity index is 565. The standard InChI is InChI=1S/C12H16N4O2/c1-7-9(8(2)16(3)15-7)11(17)10-12(18-4)14-6-5-13-10/h5-6,11,17H,1-4H3. The van der Waals surface area contributed by atoms with Crippen LogP contribution in [0.15, 0.2) is 12.4 Å². The molecule has 0 radical (unpaired) electrons. The van der Waals surface area contributed by atoms with Crippen molar-refractivity contribution in [3.63, 3.8) is 0 Å². The van der Waals surface area contributed by atoms with E-state index in [1.54, 1.807) is 4.68 Å². The summed E-state index contributed by atoms with van der Waals surface area (Å²) >= 11 is 0. The Morgan fingerprint density at radius 3 is 2.50 bits per heavy atom. The molecule has 2 aromatic rings. The molecule has 0 aliphatic rings. The first-order chi connectivity index (χ1) is 8.56. The zero-order valence-electron chi connectivity index (χ0n) is 10.9. The molecule has 0 amide bonds. The first-order valence-electron chi connectivity index (χ1n) is 5.59. The van der Waals surface area contributed by atoms with Crippen LogP contribution in [0.5, 0.6) is 5.88 Å². The molecule has 1 atom stereocenters. The third kappa shape index (κ3) is 1.95. The summed E-state index contributed by atoms with van der Waals surface area (Å²) in [5.41, 5.74) is 2.82. The van der Waals surface area contributed by atoms with E-state index in [9.17, 15) is 5.11 Å². The fraction of sp³-hybridized carbons (Fsp3) is 0.417. The lowest BCUT2D eigenvalue weighted by molar-refractivity contribution is 0.206. The van der Waals surface area contributed by atoms with Gasteiger partial charge in [0, 0.05) is 30.7 Å². The minimum atomic E-state index is -0.887. The van der Waals surface area contributed by atoms with Crippen molar-refractivity contribution >= 4 is 0 Å². The molecule has 2 heterocycles. The number of aryl methyl sites for hydroxylation is 2. The van der Waals surface area contributed by atoms with E-state index >= 15 is 0 Å². The van der Waals surface area contributed by atoms with Crippen LogP contribution in [0.3, 0.4) is 0 Å². The zero-order chi connectivity index (χ0) is 13.3. The largest absolute Gasteiger partial charge is 0.480 e. The van der Waals surface area contributed by atoms with Crippen molar-refractivity contribution < 1.29 is 9.84 Å². The number of aliphatic hydroxyl groups excluding tert-OH is 1. The third-order valence-electron chi connectivity index (χ3n) is 2.98. The molecule has 0 saturated heterocycles. The number of ether oxygens (including phenoxy) is 1. The van der Waals surface area contributed by atoms with Gasteiger partial charge < -0.3 is 9.84 Å². The Kier molecular flexibility index (Phi) is 3.29. The molecule has 0 aromatic carbocycles. The highest BCUT2D eigenvalue weighted by Crippen LogP contribution is 2.29. The predicted octanol–water partition coefficient (Wildman–Crippen LogP) is 0.917. The maximum absolute atomic E-state index is 10.4. The molecule has 0 bridgehead atoms. The number of aromatic nitrogens is 4. The van der Waals surface area contributed by atoms with E-state index in [-0.39, 0.29) is 0 Å². The Hall–Kier alpha value is -1.95. The van der Waals surface area contributed by atoms with Crippen molar-refractivity contribution in [2.24, 2.45) is 7.05 Å². The molecule has 6 heteroatoms. The fourth-order valence-corrected chi connectivity index (χ4v) is 2.00. The number of methoxy groups -OCH3 is 1. The lowest BCUT2D eigenvalue weighted by Gasteiger charge is -2.13. The third-order valence-corrected chi connectivity index (χ3v) is 2.98. The average Bonchev–Trinajstić information content (AvgIpc) is 2.62. The molecule has 2 rings (SSSR count). The van der Waals surface area contributed by atoms with Crippen molar-refractivity contribution in [1.29, 1.82) is 0 Å². The van der Waals surface area contributed by atoms with Crippen LogP contribution >= 0.6 is 0 Å². The van der Waals surface area contributed by atoms with Crippen LogP contribution < -0.4 is 4.74 Å². The monoisotopic (exact) mass is 248 g/mol. The van der Waals surface area contributed by atoms with Gasteiger partial charge >= 0.3 is 0 Å². The van der Waals surface area contributed by atoms with Crippen LogP contribution in [-0.2, 0) is 7.05 Å². The molecule has 1 unspecified atom stereocenters. The van der Waals surface area contributed by atoms with Crippen molar-refractivity contribution in [3.8, 4) is 5.88 Å². The topological polar surface area (TPSA) is 73.1 Å². The van der Waals surface area contributed by atoms with Gasteiger partial charge in [0.05, 0.1) is 12.8 Å². The van der Waals surface area contributed by atoms with E-state index in [4.69, 9.17) is 4.74 Å². The average molecular weight is 248 g/mol. The Morgan fingerprint density at radius 1 is 1.28 bits per heavy atom. The van der Waals surface area contributed by atoms with Crippen LogP contribution in [0.25, 0.3) is 0 Å². The Labute approximate surface area is 105 Å². The summed E-state index contributed by atoms with van der Waals surface area (Å²) < 4.78 is 6.85. The van der Waals surface area contributed by atoms with Gasteiger partial charge in [-0.25, -0.2) is 4.98 Å². The predicted molar refractivity (Wildman–Crippen MR) is 65.3 cm³/mol. The molecule has 0 spiro atoms. The fourth-order valence-electron chi connectivity index (χ4n) is 2.00. The molecular weight excluding hydrogens is 232 g/mol. The van der Waals surface area contributed by atoms with E-state index in [0.29, 0.717) is 11.6 Å².